The molecule has 3 aromatic rings. The van der Waals surface area contributed by atoms with Crippen LogP contribution in [0.5, 0.6) is 0 Å². The minimum absolute atomic E-state index is 0.123. The first-order chi connectivity index (χ1) is 15.5. The Morgan fingerprint density at radius 1 is 0.970 bits per heavy atom. The van der Waals surface area contributed by atoms with E-state index in [0.717, 1.165) is 27.1 Å². The van der Waals surface area contributed by atoms with Crippen molar-refractivity contribution in [3.63, 3.8) is 0 Å². The van der Waals surface area contributed by atoms with Crippen LogP contribution in [-0.2, 0) is 15.0 Å². The normalized spacial score (nSPS) is 18.2. The van der Waals surface area contributed by atoms with Crippen molar-refractivity contribution in [2.45, 2.75) is 53.0 Å². The van der Waals surface area contributed by atoms with Crippen LogP contribution in [0.3, 0.4) is 0 Å². The first kappa shape index (κ1) is 23.0. The number of benzene rings is 2. The Morgan fingerprint density at radius 2 is 1.64 bits per heavy atom. The number of aliphatic hydroxyl groups is 1. The summed E-state index contributed by atoms with van der Waals surface area (Å²) in [5.41, 5.74) is 5.16. The standard InChI is InChI=1S/C28H29NO3S/c1-16-12-17(2)14-20(13-16)29-24(22-8-7-11-33-22)23(26(31)27(29)32)25(30)21-15-19(28(4,5)6)10-9-18(21)3/h7-15,24,30H,1-6H3/b25-23+. The zero-order valence-electron chi connectivity index (χ0n) is 19.9. The van der Waals surface area contributed by atoms with Crippen LogP contribution in [0.15, 0.2) is 59.5 Å². The molecule has 0 radical (unpaired) electrons. The van der Waals surface area contributed by atoms with Crippen molar-refractivity contribution in [2.75, 3.05) is 4.90 Å². The number of anilines is 1. The van der Waals surface area contributed by atoms with E-state index in [-0.39, 0.29) is 16.7 Å². The molecule has 33 heavy (non-hydrogen) atoms. The van der Waals surface area contributed by atoms with Gasteiger partial charge in [-0.3, -0.25) is 14.5 Å². The van der Waals surface area contributed by atoms with Gasteiger partial charge in [0.25, 0.3) is 11.7 Å². The first-order valence-corrected chi connectivity index (χ1v) is 11.9. The van der Waals surface area contributed by atoms with E-state index in [2.05, 4.69) is 20.8 Å². The van der Waals surface area contributed by atoms with Crippen LogP contribution in [0.2, 0.25) is 0 Å². The van der Waals surface area contributed by atoms with Gasteiger partial charge in [0.2, 0.25) is 0 Å². The van der Waals surface area contributed by atoms with Crippen LogP contribution in [0.1, 0.15) is 59.5 Å². The van der Waals surface area contributed by atoms with Crippen molar-refractivity contribution < 1.29 is 14.7 Å². The molecule has 0 aliphatic carbocycles. The Labute approximate surface area is 199 Å². The fourth-order valence-corrected chi connectivity index (χ4v) is 5.22. The van der Waals surface area contributed by atoms with Crippen LogP contribution >= 0.6 is 11.3 Å². The van der Waals surface area contributed by atoms with E-state index >= 15 is 0 Å². The fourth-order valence-electron chi connectivity index (χ4n) is 4.39. The second kappa shape index (κ2) is 8.31. The summed E-state index contributed by atoms with van der Waals surface area (Å²) in [7, 11) is 0. The second-order valence-corrected chi connectivity index (χ2v) is 10.8. The topological polar surface area (TPSA) is 57.6 Å². The van der Waals surface area contributed by atoms with E-state index in [1.54, 1.807) is 0 Å². The number of carbonyl (C=O) groups excluding carboxylic acids is 2. The van der Waals surface area contributed by atoms with Crippen molar-refractivity contribution in [3.05, 3.63) is 92.2 Å². The van der Waals surface area contributed by atoms with E-state index in [4.69, 9.17) is 0 Å². The molecule has 4 rings (SSSR count). The quantitative estimate of drug-likeness (QED) is 0.273. The van der Waals surface area contributed by atoms with Crippen molar-refractivity contribution in [1.82, 2.24) is 0 Å². The molecule has 0 bridgehead atoms. The van der Waals surface area contributed by atoms with E-state index in [0.29, 0.717) is 11.3 Å². The summed E-state index contributed by atoms with van der Waals surface area (Å²) in [6.07, 6.45) is 0. The smallest absolute Gasteiger partial charge is 0.300 e. The van der Waals surface area contributed by atoms with Gasteiger partial charge in [0.1, 0.15) is 11.8 Å². The van der Waals surface area contributed by atoms with E-state index in [9.17, 15) is 14.7 Å². The lowest BCUT2D eigenvalue weighted by atomic mass is 9.84. The largest absolute Gasteiger partial charge is 0.507 e. The minimum Gasteiger partial charge on any atom is -0.507 e. The van der Waals surface area contributed by atoms with Crippen LogP contribution < -0.4 is 4.90 Å². The zero-order chi connectivity index (χ0) is 24.1. The van der Waals surface area contributed by atoms with Gasteiger partial charge in [-0.25, -0.2) is 0 Å². The maximum Gasteiger partial charge on any atom is 0.300 e. The molecule has 1 amide bonds. The van der Waals surface area contributed by atoms with Crippen LogP contribution in [0, 0.1) is 20.8 Å². The zero-order valence-corrected chi connectivity index (χ0v) is 20.7. The summed E-state index contributed by atoms with van der Waals surface area (Å²) >= 11 is 1.47. The van der Waals surface area contributed by atoms with E-state index in [1.165, 1.54) is 16.2 Å². The van der Waals surface area contributed by atoms with Crippen LogP contribution in [0.4, 0.5) is 5.69 Å². The molecule has 1 unspecified atom stereocenters. The highest BCUT2D eigenvalue weighted by Crippen LogP contribution is 2.44. The van der Waals surface area contributed by atoms with Gasteiger partial charge in [0.15, 0.2) is 0 Å². The Kier molecular flexibility index (Phi) is 5.79. The number of rotatable bonds is 3. The number of thiophene rings is 1. The number of Topliss-reactive ketones (excluding diaryl/α,β-unsaturated/α-hetero) is 1. The first-order valence-electron chi connectivity index (χ1n) is 11.0. The molecule has 2 aromatic carbocycles. The highest BCUT2D eigenvalue weighted by Gasteiger charge is 2.47. The fraction of sp³-hybridized carbons (Fsp3) is 0.286. The van der Waals surface area contributed by atoms with Gasteiger partial charge in [0, 0.05) is 16.1 Å². The lowest BCUT2D eigenvalue weighted by Gasteiger charge is -2.25. The third-order valence-electron chi connectivity index (χ3n) is 6.10. The molecule has 1 aliphatic heterocycles. The Hall–Kier alpha value is -3.18. The van der Waals surface area contributed by atoms with Gasteiger partial charge < -0.3 is 5.11 Å². The number of carbonyl (C=O) groups is 2. The van der Waals surface area contributed by atoms with Gasteiger partial charge in [0.05, 0.1) is 5.57 Å². The van der Waals surface area contributed by atoms with Crippen molar-refractivity contribution >= 4 is 34.5 Å². The molecule has 1 aliphatic rings. The number of nitrogens with zero attached hydrogens (tertiary/aromatic N) is 1. The third-order valence-corrected chi connectivity index (χ3v) is 7.03. The monoisotopic (exact) mass is 459 g/mol. The molecule has 2 heterocycles. The van der Waals surface area contributed by atoms with Crippen molar-refractivity contribution in [3.8, 4) is 0 Å². The average Bonchev–Trinajstić information content (AvgIpc) is 3.33. The number of aliphatic hydroxyl groups excluding tert-OH is 1. The Morgan fingerprint density at radius 3 is 2.21 bits per heavy atom. The summed E-state index contributed by atoms with van der Waals surface area (Å²) < 4.78 is 0. The summed E-state index contributed by atoms with van der Waals surface area (Å²) in [5.74, 6) is -1.41. The highest BCUT2D eigenvalue weighted by atomic mass is 32.1. The van der Waals surface area contributed by atoms with Crippen molar-refractivity contribution in [2.24, 2.45) is 0 Å². The van der Waals surface area contributed by atoms with Gasteiger partial charge >= 0.3 is 0 Å². The van der Waals surface area contributed by atoms with Gasteiger partial charge in [-0.05, 0) is 78.1 Å². The van der Waals surface area contributed by atoms with E-state index < -0.39 is 17.7 Å². The molecule has 1 atom stereocenters. The van der Waals surface area contributed by atoms with Gasteiger partial charge in [-0.15, -0.1) is 11.3 Å². The maximum absolute atomic E-state index is 13.4. The molecule has 1 saturated heterocycles. The molecule has 5 heteroatoms. The number of hydrogen-bond donors (Lipinski definition) is 1. The molecule has 0 saturated carbocycles. The summed E-state index contributed by atoms with van der Waals surface area (Å²) in [6, 6.07) is 14.9. The third kappa shape index (κ3) is 4.13. The Bertz CT molecular complexity index is 1260. The number of ketones is 1. The lowest BCUT2D eigenvalue weighted by molar-refractivity contribution is -0.132. The Balaban J connectivity index is 1.97. The molecular weight excluding hydrogens is 430 g/mol. The summed E-state index contributed by atoms with van der Waals surface area (Å²) in [6.45, 7) is 12.1. The molecule has 0 spiro atoms. The number of aryl methyl sites for hydroxylation is 3. The molecule has 1 fully saturated rings. The van der Waals surface area contributed by atoms with Gasteiger partial charge in [-0.1, -0.05) is 45.0 Å². The SMILES string of the molecule is Cc1cc(C)cc(N2C(=O)C(=O)/C(=C(/O)c3cc(C(C)(C)C)ccc3C)C2c2cccs2)c1. The average molecular weight is 460 g/mol. The maximum atomic E-state index is 13.4. The minimum atomic E-state index is -0.677. The lowest BCUT2D eigenvalue weighted by Crippen LogP contribution is -2.29. The molecule has 4 nitrogen and oxygen atoms in total. The van der Waals surface area contributed by atoms with Crippen LogP contribution in [-0.4, -0.2) is 16.8 Å². The molecular formula is C28H29NO3S. The number of hydrogen-bond acceptors (Lipinski definition) is 4. The predicted octanol–water partition coefficient (Wildman–Crippen LogP) is 6.60. The molecule has 170 valence electrons. The number of amides is 1. The molecule has 1 aromatic heterocycles. The summed E-state index contributed by atoms with van der Waals surface area (Å²) in [4.78, 5) is 29.1. The van der Waals surface area contributed by atoms with E-state index in [1.807, 2.05) is 74.7 Å². The highest BCUT2D eigenvalue weighted by molar-refractivity contribution is 7.10. The second-order valence-electron chi connectivity index (χ2n) is 9.81. The van der Waals surface area contributed by atoms with Crippen LogP contribution in [0.25, 0.3) is 5.76 Å². The van der Waals surface area contributed by atoms with Crippen molar-refractivity contribution in [1.29, 1.82) is 0 Å². The predicted molar refractivity (Wildman–Crippen MR) is 135 cm³/mol. The summed E-state index contributed by atoms with van der Waals surface area (Å²) in [5, 5.41) is 13.4. The van der Waals surface area contributed by atoms with Gasteiger partial charge in [-0.2, -0.15) is 0 Å². The molecule has 1 N–H and O–H groups in total.